The zero-order valence-corrected chi connectivity index (χ0v) is 14.7. The lowest BCUT2D eigenvalue weighted by Crippen LogP contribution is -2.53. The molecule has 0 amide bonds. The van der Waals surface area contributed by atoms with Crippen LogP contribution in [0.15, 0.2) is 12.2 Å². The largest absolute Gasteiger partial charge is 0.469 e. The number of carbonyl (C=O) groups is 2. The van der Waals surface area contributed by atoms with Crippen LogP contribution in [0, 0.1) is 39.9 Å². The smallest absolute Gasteiger partial charge is 0.312 e. The SMILES string of the molecule is C=C1C2[C@@]34C[C@H](O)[C@@H]1C[C@@]23[C@@H](C(=O)OC)[C@@H]1[C@@]2(C)CCC[C@]14OC2=O. The minimum atomic E-state index is -0.615. The topological polar surface area (TPSA) is 72.8 Å². The molecule has 25 heavy (non-hydrogen) atoms. The van der Waals surface area contributed by atoms with Crippen molar-refractivity contribution in [2.75, 3.05) is 7.11 Å². The molecule has 0 radical (unpaired) electrons. The van der Waals surface area contributed by atoms with Gasteiger partial charge in [-0.15, -0.1) is 0 Å². The molecule has 6 bridgehead atoms. The number of rotatable bonds is 1. The van der Waals surface area contributed by atoms with Crippen LogP contribution in [0.5, 0.6) is 0 Å². The summed E-state index contributed by atoms with van der Waals surface area (Å²) < 4.78 is 11.5. The molecule has 134 valence electrons. The molecule has 7 fully saturated rings. The fourth-order valence-corrected chi connectivity index (χ4v) is 9.01. The first kappa shape index (κ1) is 14.8. The summed E-state index contributed by atoms with van der Waals surface area (Å²) >= 11 is 0. The van der Waals surface area contributed by atoms with Crippen molar-refractivity contribution in [3.63, 3.8) is 0 Å². The number of hydrogen-bond acceptors (Lipinski definition) is 5. The second kappa shape index (κ2) is 3.68. The number of aliphatic hydroxyl groups excluding tert-OH is 1. The van der Waals surface area contributed by atoms with E-state index < -0.39 is 17.1 Å². The molecule has 6 saturated carbocycles. The lowest BCUT2D eigenvalue weighted by Gasteiger charge is -2.48. The molecule has 2 spiro atoms. The van der Waals surface area contributed by atoms with Gasteiger partial charge in [-0.2, -0.15) is 0 Å². The Bertz CT molecular complexity index is 772. The lowest BCUT2D eigenvalue weighted by molar-refractivity contribution is -0.164. The molecule has 7 aliphatic rings. The van der Waals surface area contributed by atoms with Crippen molar-refractivity contribution in [3.05, 3.63) is 12.2 Å². The predicted molar refractivity (Wildman–Crippen MR) is 86.0 cm³/mol. The van der Waals surface area contributed by atoms with Gasteiger partial charge in [0.05, 0.1) is 24.5 Å². The summed E-state index contributed by atoms with van der Waals surface area (Å²) in [6.07, 6.45) is 3.50. The van der Waals surface area contributed by atoms with E-state index in [9.17, 15) is 14.7 Å². The Morgan fingerprint density at radius 1 is 1.36 bits per heavy atom. The van der Waals surface area contributed by atoms with Crippen molar-refractivity contribution < 1.29 is 24.2 Å². The minimum absolute atomic E-state index is 0.0811. The second-order valence-electron chi connectivity index (χ2n) is 9.63. The Morgan fingerprint density at radius 3 is 2.84 bits per heavy atom. The lowest BCUT2D eigenvalue weighted by atomic mass is 9.55. The zero-order chi connectivity index (χ0) is 17.6. The summed E-state index contributed by atoms with van der Waals surface area (Å²) in [5.74, 6) is -0.509. The van der Waals surface area contributed by atoms with Crippen molar-refractivity contribution >= 4 is 11.9 Å². The molecule has 0 aromatic carbocycles. The van der Waals surface area contributed by atoms with Crippen LogP contribution in [0.4, 0.5) is 0 Å². The Balaban J connectivity index is 1.64. The van der Waals surface area contributed by atoms with E-state index >= 15 is 0 Å². The predicted octanol–water partition coefficient (Wildman–Crippen LogP) is 1.83. The number of methoxy groups -OCH3 is 1. The van der Waals surface area contributed by atoms with Crippen LogP contribution in [0.1, 0.15) is 39.0 Å². The summed E-state index contributed by atoms with van der Waals surface area (Å²) in [6, 6.07) is 0. The molecule has 5 heteroatoms. The third-order valence-electron chi connectivity index (χ3n) is 9.43. The van der Waals surface area contributed by atoms with E-state index in [4.69, 9.17) is 9.47 Å². The number of ether oxygens (including phenoxy) is 2. The van der Waals surface area contributed by atoms with Crippen LogP contribution in [0.25, 0.3) is 0 Å². The number of aliphatic hydroxyl groups is 1. The van der Waals surface area contributed by atoms with Gasteiger partial charge in [0.25, 0.3) is 0 Å². The van der Waals surface area contributed by atoms with Gasteiger partial charge >= 0.3 is 11.9 Å². The van der Waals surface area contributed by atoms with Crippen molar-refractivity contribution in [3.8, 4) is 0 Å². The van der Waals surface area contributed by atoms with Gasteiger partial charge in [-0.05, 0) is 44.9 Å². The fourth-order valence-electron chi connectivity index (χ4n) is 9.01. The summed E-state index contributed by atoms with van der Waals surface area (Å²) in [6.45, 7) is 6.28. The van der Waals surface area contributed by atoms with Crippen molar-refractivity contribution in [1.29, 1.82) is 0 Å². The van der Waals surface area contributed by atoms with E-state index in [0.717, 1.165) is 31.3 Å². The van der Waals surface area contributed by atoms with Gasteiger partial charge in [-0.1, -0.05) is 12.2 Å². The Hall–Kier alpha value is -1.36. The van der Waals surface area contributed by atoms with E-state index in [1.54, 1.807) is 0 Å². The highest BCUT2D eigenvalue weighted by Crippen LogP contribution is 2.98. The van der Waals surface area contributed by atoms with Gasteiger partial charge < -0.3 is 14.6 Å². The highest BCUT2D eigenvalue weighted by atomic mass is 16.6. The monoisotopic (exact) mass is 344 g/mol. The molecule has 1 heterocycles. The number of esters is 2. The van der Waals surface area contributed by atoms with E-state index in [2.05, 4.69) is 6.58 Å². The molecule has 6 aliphatic carbocycles. The Labute approximate surface area is 146 Å². The van der Waals surface area contributed by atoms with Crippen LogP contribution in [-0.2, 0) is 19.1 Å². The van der Waals surface area contributed by atoms with Gasteiger partial charge in [0.1, 0.15) is 5.60 Å². The van der Waals surface area contributed by atoms with Gasteiger partial charge in [0, 0.05) is 22.7 Å². The van der Waals surface area contributed by atoms with E-state index in [1.807, 2.05) is 6.92 Å². The van der Waals surface area contributed by atoms with Gasteiger partial charge in [0.2, 0.25) is 0 Å². The maximum absolute atomic E-state index is 13.0. The second-order valence-corrected chi connectivity index (χ2v) is 9.63. The highest BCUT2D eigenvalue weighted by Gasteiger charge is 3.01. The molecule has 1 N–H and O–H groups in total. The third-order valence-corrected chi connectivity index (χ3v) is 9.43. The molecule has 0 aromatic heterocycles. The van der Waals surface area contributed by atoms with Gasteiger partial charge in [-0.3, -0.25) is 9.59 Å². The number of carbonyl (C=O) groups excluding carboxylic acids is 2. The van der Waals surface area contributed by atoms with Gasteiger partial charge in [0.15, 0.2) is 0 Å². The summed E-state index contributed by atoms with van der Waals surface area (Å²) in [4.78, 5) is 25.9. The molecule has 1 saturated heterocycles. The summed E-state index contributed by atoms with van der Waals surface area (Å²) in [5, 5.41) is 10.7. The first-order valence-electron chi connectivity index (χ1n) is 9.50. The van der Waals surface area contributed by atoms with E-state index in [0.29, 0.717) is 6.42 Å². The van der Waals surface area contributed by atoms with Crippen molar-refractivity contribution in [1.82, 2.24) is 0 Å². The standard InChI is InChI=1S/C20H24O5/c1-9-10-7-18-12(15(22)24-3)14-17(2)5-4-6-20(14,25-16(17)23)19(18,13(9)18)8-11(10)21/h10-14,21H,1,4-8H2,2-3H3/t10-,11+,12-,13?,14-,17-,18-,19+,20+/m1/s1. The number of hydrogen-bond donors (Lipinski definition) is 1. The average Bonchev–Trinajstić information content (AvgIpc) is 2.92. The first-order valence-corrected chi connectivity index (χ1v) is 9.50. The highest BCUT2D eigenvalue weighted by molar-refractivity contribution is 5.87. The fraction of sp³-hybridized carbons (Fsp3) is 0.800. The average molecular weight is 344 g/mol. The molecule has 1 unspecified atom stereocenters. The van der Waals surface area contributed by atoms with E-state index in [-0.39, 0.29) is 46.4 Å². The summed E-state index contributed by atoms with van der Waals surface area (Å²) in [5.41, 5.74) is -0.655. The van der Waals surface area contributed by atoms with Crippen LogP contribution >= 0.6 is 0 Å². The molecular weight excluding hydrogens is 320 g/mol. The molecule has 9 atom stereocenters. The maximum atomic E-state index is 13.0. The first-order chi connectivity index (χ1) is 11.8. The quantitative estimate of drug-likeness (QED) is 0.580. The van der Waals surface area contributed by atoms with Crippen LogP contribution < -0.4 is 0 Å². The molecular formula is C20H24O5. The molecule has 1 aliphatic heterocycles. The summed E-state index contributed by atoms with van der Waals surface area (Å²) in [7, 11) is 1.45. The number of fused-ring (bicyclic) bond motifs is 1. The zero-order valence-electron chi connectivity index (χ0n) is 14.7. The van der Waals surface area contributed by atoms with Crippen LogP contribution in [-0.4, -0.2) is 35.9 Å². The van der Waals surface area contributed by atoms with Crippen LogP contribution in [0.2, 0.25) is 0 Å². The van der Waals surface area contributed by atoms with Crippen LogP contribution in [0.3, 0.4) is 0 Å². The Morgan fingerprint density at radius 2 is 2.12 bits per heavy atom. The van der Waals surface area contributed by atoms with Gasteiger partial charge in [-0.25, -0.2) is 0 Å². The Kier molecular flexibility index (Phi) is 2.18. The van der Waals surface area contributed by atoms with Crippen molar-refractivity contribution in [2.45, 2.75) is 50.7 Å². The molecule has 5 nitrogen and oxygen atoms in total. The third kappa shape index (κ3) is 1.05. The normalized spacial score (nSPS) is 62.3. The minimum Gasteiger partial charge on any atom is -0.469 e. The molecule has 7 rings (SSSR count). The van der Waals surface area contributed by atoms with E-state index in [1.165, 1.54) is 7.11 Å². The molecule has 0 aromatic rings. The van der Waals surface area contributed by atoms with Crippen molar-refractivity contribution in [2.24, 2.45) is 39.9 Å². The maximum Gasteiger partial charge on any atom is 0.312 e.